The second-order valence-corrected chi connectivity index (χ2v) is 9.06. The van der Waals surface area contributed by atoms with Crippen LogP contribution in [-0.4, -0.2) is 55.9 Å². The van der Waals surface area contributed by atoms with Crippen molar-refractivity contribution < 1.29 is 8.42 Å². The van der Waals surface area contributed by atoms with Crippen molar-refractivity contribution in [3.8, 4) is 0 Å². The third-order valence-electron chi connectivity index (χ3n) is 5.54. The summed E-state index contributed by atoms with van der Waals surface area (Å²) in [5.74, 6) is 0. The molecule has 0 aromatic rings. The lowest BCUT2D eigenvalue weighted by Gasteiger charge is -2.43. The molecular formula is C16H31N3O2S. The van der Waals surface area contributed by atoms with Crippen molar-refractivity contribution >= 4 is 10.2 Å². The van der Waals surface area contributed by atoms with Gasteiger partial charge in [-0.2, -0.15) is 17.4 Å². The fourth-order valence-corrected chi connectivity index (χ4v) is 6.02. The largest absolute Gasteiger partial charge is 0.301 e. The summed E-state index contributed by atoms with van der Waals surface area (Å²) in [6, 6.07) is 0. The smallest absolute Gasteiger partial charge is 0.279 e. The van der Waals surface area contributed by atoms with Crippen LogP contribution < -0.4 is 4.72 Å². The highest BCUT2D eigenvalue weighted by Crippen LogP contribution is 2.31. The molecule has 0 amide bonds. The molecule has 0 spiro atoms. The molecule has 2 heterocycles. The predicted octanol–water partition coefficient (Wildman–Crippen LogP) is 2.11. The maximum absolute atomic E-state index is 12.7. The summed E-state index contributed by atoms with van der Waals surface area (Å²) in [5.41, 5.74) is -0.225. The number of piperidine rings is 1. The zero-order valence-electron chi connectivity index (χ0n) is 13.7. The van der Waals surface area contributed by atoms with E-state index in [0.29, 0.717) is 13.1 Å². The number of nitrogens with zero attached hydrogens (tertiary/aromatic N) is 2. The fourth-order valence-electron chi connectivity index (χ4n) is 4.33. The zero-order valence-corrected chi connectivity index (χ0v) is 14.5. The van der Waals surface area contributed by atoms with Crippen LogP contribution in [0.1, 0.15) is 64.2 Å². The van der Waals surface area contributed by atoms with Gasteiger partial charge in [-0.15, -0.1) is 0 Å². The Morgan fingerprint density at radius 3 is 1.95 bits per heavy atom. The molecule has 1 aliphatic carbocycles. The van der Waals surface area contributed by atoms with Gasteiger partial charge in [0.25, 0.3) is 10.2 Å². The van der Waals surface area contributed by atoms with E-state index in [2.05, 4.69) is 9.62 Å². The lowest BCUT2D eigenvalue weighted by molar-refractivity contribution is 0.138. The standard InChI is InChI=1S/C16H31N3O2S/c20-22(21,19-13-7-8-14-19)17-16(9-3-1-4-10-16)15-18-11-5-2-6-12-18/h17H,1-15H2. The molecule has 3 fully saturated rings. The van der Waals surface area contributed by atoms with Gasteiger partial charge in [0.15, 0.2) is 0 Å². The molecule has 5 nitrogen and oxygen atoms in total. The molecule has 1 saturated carbocycles. The van der Waals surface area contributed by atoms with E-state index < -0.39 is 10.2 Å². The van der Waals surface area contributed by atoms with Crippen LogP contribution in [0.15, 0.2) is 0 Å². The third-order valence-corrected chi connectivity index (χ3v) is 7.27. The van der Waals surface area contributed by atoms with Gasteiger partial charge in [-0.25, -0.2) is 0 Å². The Labute approximate surface area is 135 Å². The molecule has 0 bridgehead atoms. The Bertz CT molecular complexity index is 448. The van der Waals surface area contributed by atoms with E-state index >= 15 is 0 Å². The topological polar surface area (TPSA) is 52.7 Å². The fraction of sp³-hybridized carbons (Fsp3) is 1.00. The van der Waals surface area contributed by atoms with Gasteiger partial charge in [0.05, 0.1) is 0 Å². The van der Waals surface area contributed by atoms with Gasteiger partial charge < -0.3 is 4.90 Å². The molecular weight excluding hydrogens is 298 g/mol. The van der Waals surface area contributed by atoms with Gasteiger partial charge in [-0.05, 0) is 51.6 Å². The molecule has 3 aliphatic rings. The molecule has 2 saturated heterocycles. The van der Waals surface area contributed by atoms with Crippen LogP contribution in [-0.2, 0) is 10.2 Å². The van der Waals surface area contributed by atoms with Crippen molar-refractivity contribution in [3.05, 3.63) is 0 Å². The lowest BCUT2D eigenvalue weighted by Crippen LogP contribution is -2.59. The van der Waals surface area contributed by atoms with E-state index in [9.17, 15) is 8.42 Å². The maximum atomic E-state index is 12.7. The second-order valence-electron chi connectivity index (χ2n) is 7.39. The minimum absolute atomic E-state index is 0.225. The molecule has 0 atom stereocenters. The Kier molecular flexibility index (Phi) is 5.43. The van der Waals surface area contributed by atoms with Crippen LogP contribution in [0.4, 0.5) is 0 Å². The monoisotopic (exact) mass is 329 g/mol. The summed E-state index contributed by atoms with van der Waals surface area (Å²) < 4.78 is 30.3. The first kappa shape index (κ1) is 16.7. The van der Waals surface area contributed by atoms with Crippen LogP contribution in [0.25, 0.3) is 0 Å². The van der Waals surface area contributed by atoms with Crippen molar-refractivity contribution in [2.24, 2.45) is 0 Å². The van der Waals surface area contributed by atoms with E-state index in [0.717, 1.165) is 58.2 Å². The summed E-state index contributed by atoms with van der Waals surface area (Å²) in [4.78, 5) is 2.49. The molecule has 0 radical (unpaired) electrons. The van der Waals surface area contributed by atoms with Gasteiger partial charge in [0.2, 0.25) is 0 Å². The number of likely N-dealkylation sites (tertiary alicyclic amines) is 1. The van der Waals surface area contributed by atoms with Crippen LogP contribution >= 0.6 is 0 Å². The summed E-state index contributed by atoms with van der Waals surface area (Å²) in [6.45, 7) is 4.55. The van der Waals surface area contributed by atoms with Gasteiger partial charge >= 0.3 is 0 Å². The molecule has 22 heavy (non-hydrogen) atoms. The second kappa shape index (κ2) is 7.16. The molecule has 0 aromatic heterocycles. The summed E-state index contributed by atoms with van der Waals surface area (Å²) >= 11 is 0. The van der Waals surface area contributed by atoms with Gasteiger partial charge in [-0.3, -0.25) is 0 Å². The summed E-state index contributed by atoms with van der Waals surface area (Å²) in [5, 5.41) is 0. The molecule has 0 aromatic carbocycles. The first-order valence-electron chi connectivity index (χ1n) is 9.11. The van der Waals surface area contributed by atoms with E-state index in [1.807, 2.05) is 0 Å². The molecule has 2 aliphatic heterocycles. The first-order chi connectivity index (χ1) is 10.6. The predicted molar refractivity (Wildman–Crippen MR) is 89.0 cm³/mol. The molecule has 0 unspecified atom stereocenters. The average Bonchev–Trinajstić information content (AvgIpc) is 3.03. The van der Waals surface area contributed by atoms with Crippen molar-refractivity contribution in [1.29, 1.82) is 0 Å². The number of hydrogen-bond acceptors (Lipinski definition) is 3. The Hall–Kier alpha value is -0.170. The van der Waals surface area contributed by atoms with E-state index in [1.165, 1.54) is 25.7 Å². The van der Waals surface area contributed by atoms with Crippen molar-refractivity contribution in [2.75, 3.05) is 32.7 Å². The van der Waals surface area contributed by atoms with Crippen molar-refractivity contribution in [1.82, 2.24) is 13.9 Å². The minimum atomic E-state index is -3.31. The lowest BCUT2D eigenvalue weighted by atomic mass is 9.82. The summed E-state index contributed by atoms with van der Waals surface area (Å²) in [7, 11) is -3.31. The minimum Gasteiger partial charge on any atom is -0.301 e. The maximum Gasteiger partial charge on any atom is 0.279 e. The van der Waals surface area contributed by atoms with Crippen LogP contribution in [0.2, 0.25) is 0 Å². The van der Waals surface area contributed by atoms with Crippen molar-refractivity contribution in [3.63, 3.8) is 0 Å². The normalized spacial score (nSPS) is 28.0. The van der Waals surface area contributed by atoms with Crippen LogP contribution in [0, 0.1) is 0 Å². The highest BCUT2D eigenvalue weighted by Gasteiger charge is 2.40. The van der Waals surface area contributed by atoms with Crippen LogP contribution in [0.3, 0.4) is 0 Å². The van der Waals surface area contributed by atoms with Crippen LogP contribution in [0.5, 0.6) is 0 Å². The highest BCUT2D eigenvalue weighted by atomic mass is 32.2. The first-order valence-corrected chi connectivity index (χ1v) is 10.6. The van der Waals surface area contributed by atoms with Gasteiger partial charge in [-0.1, -0.05) is 25.7 Å². The molecule has 1 N–H and O–H groups in total. The Balaban J connectivity index is 1.70. The molecule has 128 valence electrons. The zero-order chi connectivity index (χ0) is 15.5. The van der Waals surface area contributed by atoms with Gasteiger partial charge in [0.1, 0.15) is 0 Å². The SMILES string of the molecule is O=S(=O)(NC1(CN2CCCCC2)CCCCC1)N1CCCC1. The van der Waals surface area contributed by atoms with Crippen molar-refractivity contribution in [2.45, 2.75) is 69.7 Å². The average molecular weight is 330 g/mol. The highest BCUT2D eigenvalue weighted by molar-refractivity contribution is 7.87. The van der Waals surface area contributed by atoms with Gasteiger partial charge in [0, 0.05) is 25.2 Å². The molecule has 6 heteroatoms. The molecule has 3 rings (SSSR count). The van der Waals surface area contributed by atoms with E-state index in [-0.39, 0.29) is 5.54 Å². The quantitative estimate of drug-likeness (QED) is 0.840. The van der Waals surface area contributed by atoms with E-state index in [4.69, 9.17) is 0 Å². The number of hydrogen-bond donors (Lipinski definition) is 1. The Morgan fingerprint density at radius 1 is 0.773 bits per heavy atom. The number of nitrogens with one attached hydrogen (secondary N) is 1. The Morgan fingerprint density at radius 2 is 1.32 bits per heavy atom. The summed E-state index contributed by atoms with van der Waals surface area (Å²) in [6.07, 6.45) is 11.4. The van der Waals surface area contributed by atoms with E-state index in [1.54, 1.807) is 4.31 Å². The third kappa shape index (κ3) is 4.02. The number of rotatable bonds is 5.